The number of rotatable bonds is 2. The summed E-state index contributed by atoms with van der Waals surface area (Å²) < 4.78 is 25.9. The molecule has 0 radical (unpaired) electrons. The SMILES string of the molecule is Fc1ccc(NC(=S)NC2CC3C=CC2C3)cc1F. The van der Waals surface area contributed by atoms with E-state index in [1.165, 1.54) is 12.5 Å². The first-order valence-corrected chi connectivity index (χ1v) is 6.73. The molecule has 2 bridgehead atoms. The molecule has 0 heterocycles. The molecule has 2 aliphatic carbocycles. The molecule has 100 valence electrons. The maximum absolute atomic E-state index is 13.1. The first-order valence-electron chi connectivity index (χ1n) is 6.33. The monoisotopic (exact) mass is 280 g/mol. The molecule has 0 amide bonds. The average molecular weight is 280 g/mol. The third-order valence-corrected chi connectivity index (χ3v) is 3.99. The van der Waals surface area contributed by atoms with Crippen molar-refractivity contribution in [3.63, 3.8) is 0 Å². The largest absolute Gasteiger partial charge is 0.359 e. The van der Waals surface area contributed by atoms with Crippen molar-refractivity contribution in [2.75, 3.05) is 5.32 Å². The fourth-order valence-electron chi connectivity index (χ4n) is 2.86. The van der Waals surface area contributed by atoms with E-state index in [9.17, 15) is 8.78 Å². The van der Waals surface area contributed by atoms with Crippen LogP contribution in [0.5, 0.6) is 0 Å². The average Bonchev–Trinajstić information content (AvgIpc) is 2.96. The molecule has 5 heteroatoms. The molecule has 1 fully saturated rings. The van der Waals surface area contributed by atoms with E-state index in [-0.39, 0.29) is 0 Å². The zero-order valence-electron chi connectivity index (χ0n) is 10.2. The number of thiocarbonyl (C=S) groups is 1. The fourth-order valence-corrected chi connectivity index (χ4v) is 3.13. The normalized spacial score (nSPS) is 27.6. The second kappa shape index (κ2) is 4.89. The summed E-state index contributed by atoms with van der Waals surface area (Å²) in [4.78, 5) is 0. The summed E-state index contributed by atoms with van der Waals surface area (Å²) >= 11 is 5.20. The maximum Gasteiger partial charge on any atom is 0.171 e. The van der Waals surface area contributed by atoms with Gasteiger partial charge in [-0.3, -0.25) is 0 Å². The highest BCUT2D eigenvalue weighted by Gasteiger charge is 2.35. The first-order chi connectivity index (χ1) is 9.11. The summed E-state index contributed by atoms with van der Waals surface area (Å²) in [6.45, 7) is 0. The van der Waals surface area contributed by atoms with E-state index in [4.69, 9.17) is 12.2 Å². The fraction of sp³-hybridized carbons (Fsp3) is 0.357. The Labute approximate surface area is 115 Å². The summed E-state index contributed by atoms with van der Waals surface area (Å²) in [6, 6.07) is 4.00. The van der Waals surface area contributed by atoms with Gasteiger partial charge in [-0.2, -0.15) is 0 Å². The van der Waals surface area contributed by atoms with Gasteiger partial charge in [0.25, 0.3) is 0 Å². The molecule has 3 rings (SSSR count). The molecule has 0 aromatic heterocycles. The van der Waals surface area contributed by atoms with E-state index in [1.54, 1.807) is 0 Å². The van der Waals surface area contributed by atoms with Gasteiger partial charge in [-0.25, -0.2) is 8.78 Å². The van der Waals surface area contributed by atoms with Gasteiger partial charge in [-0.1, -0.05) is 12.2 Å². The quantitative estimate of drug-likeness (QED) is 0.642. The molecule has 0 aliphatic heterocycles. The van der Waals surface area contributed by atoms with Crippen LogP contribution in [0.25, 0.3) is 0 Å². The molecule has 0 spiro atoms. The Hall–Kier alpha value is -1.49. The van der Waals surface area contributed by atoms with Crippen LogP contribution in [0, 0.1) is 23.5 Å². The highest BCUT2D eigenvalue weighted by atomic mass is 32.1. The van der Waals surface area contributed by atoms with Crippen molar-refractivity contribution in [3.8, 4) is 0 Å². The Balaban J connectivity index is 1.59. The summed E-state index contributed by atoms with van der Waals surface area (Å²) in [6.07, 6.45) is 6.76. The number of hydrogen-bond acceptors (Lipinski definition) is 1. The van der Waals surface area contributed by atoms with Crippen LogP contribution < -0.4 is 10.6 Å². The Morgan fingerprint density at radius 3 is 2.63 bits per heavy atom. The van der Waals surface area contributed by atoms with E-state index in [1.807, 2.05) is 0 Å². The lowest BCUT2D eigenvalue weighted by atomic mass is 10.0. The summed E-state index contributed by atoms with van der Waals surface area (Å²) in [5, 5.41) is 6.59. The number of benzene rings is 1. The number of fused-ring (bicyclic) bond motifs is 2. The second-order valence-electron chi connectivity index (χ2n) is 5.11. The molecule has 3 unspecified atom stereocenters. The molecule has 3 atom stereocenters. The van der Waals surface area contributed by atoms with Crippen molar-refractivity contribution >= 4 is 23.0 Å². The van der Waals surface area contributed by atoms with E-state index in [0.29, 0.717) is 28.7 Å². The lowest BCUT2D eigenvalue weighted by molar-refractivity contribution is 0.509. The number of nitrogens with one attached hydrogen (secondary N) is 2. The minimum absolute atomic E-state index is 0.347. The zero-order valence-corrected chi connectivity index (χ0v) is 11.0. The third-order valence-electron chi connectivity index (χ3n) is 3.77. The van der Waals surface area contributed by atoms with Gasteiger partial charge in [-0.05, 0) is 49.0 Å². The van der Waals surface area contributed by atoms with Gasteiger partial charge in [0, 0.05) is 17.8 Å². The maximum atomic E-state index is 13.1. The Morgan fingerprint density at radius 2 is 2.00 bits per heavy atom. The Kier molecular flexibility index (Phi) is 3.22. The van der Waals surface area contributed by atoms with Gasteiger partial charge in [0.1, 0.15) is 0 Å². The molecule has 1 aromatic carbocycles. The molecule has 19 heavy (non-hydrogen) atoms. The topological polar surface area (TPSA) is 24.1 Å². The lowest BCUT2D eigenvalue weighted by Gasteiger charge is -2.21. The molecule has 1 saturated carbocycles. The molecule has 2 N–H and O–H groups in total. The van der Waals surface area contributed by atoms with E-state index in [2.05, 4.69) is 22.8 Å². The number of halogens is 2. The van der Waals surface area contributed by atoms with Crippen molar-refractivity contribution in [2.45, 2.75) is 18.9 Å². The van der Waals surface area contributed by atoms with Gasteiger partial charge in [0.15, 0.2) is 16.7 Å². The van der Waals surface area contributed by atoms with Crippen molar-refractivity contribution in [2.24, 2.45) is 11.8 Å². The number of anilines is 1. The Morgan fingerprint density at radius 1 is 1.16 bits per heavy atom. The van der Waals surface area contributed by atoms with E-state index in [0.717, 1.165) is 18.6 Å². The van der Waals surface area contributed by atoms with Crippen molar-refractivity contribution in [3.05, 3.63) is 42.0 Å². The van der Waals surface area contributed by atoms with Crippen LogP contribution in [-0.4, -0.2) is 11.2 Å². The zero-order chi connectivity index (χ0) is 13.4. The molecule has 0 saturated heterocycles. The highest BCUT2D eigenvalue weighted by molar-refractivity contribution is 7.80. The van der Waals surface area contributed by atoms with Gasteiger partial charge < -0.3 is 10.6 Å². The predicted molar refractivity (Wildman–Crippen MR) is 74.9 cm³/mol. The van der Waals surface area contributed by atoms with E-state index < -0.39 is 11.6 Å². The van der Waals surface area contributed by atoms with Crippen LogP contribution in [0.15, 0.2) is 30.4 Å². The molecule has 1 aromatic rings. The first kappa shape index (κ1) is 12.5. The minimum Gasteiger partial charge on any atom is -0.359 e. The van der Waals surface area contributed by atoms with Crippen LogP contribution >= 0.6 is 12.2 Å². The lowest BCUT2D eigenvalue weighted by Crippen LogP contribution is -2.40. The summed E-state index contributed by atoms with van der Waals surface area (Å²) in [7, 11) is 0. The summed E-state index contributed by atoms with van der Waals surface area (Å²) in [5.74, 6) is -0.540. The highest BCUT2D eigenvalue weighted by Crippen LogP contribution is 2.38. The van der Waals surface area contributed by atoms with Crippen LogP contribution in [0.3, 0.4) is 0 Å². The van der Waals surface area contributed by atoms with Crippen molar-refractivity contribution in [1.82, 2.24) is 5.32 Å². The molecule has 2 nitrogen and oxygen atoms in total. The minimum atomic E-state index is -0.879. The van der Waals surface area contributed by atoms with Crippen LogP contribution in [0.4, 0.5) is 14.5 Å². The third kappa shape index (κ3) is 2.61. The molecular weight excluding hydrogens is 266 g/mol. The van der Waals surface area contributed by atoms with Crippen LogP contribution in [-0.2, 0) is 0 Å². The second-order valence-corrected chi connectivity index (χ2v) is 5.52. The van der Waals surface area contributed by atoms with Gasteiger partial charge >= 0.3 is 0 Å². The van der Waals surface area contributed by atoms with Crippen molar-refractivity contribution in [1.29, 1.82) is 0 Å². The molecular formula is C14H14F2N2S. The molecule has 2 aliphatic rings. The van der Waals surface area contributed by atoms with Gasteiger partial charge in [-0.15, -0.1) is 0 Å². The standard InChI is InChI=1S/C14H14F2N2S/c15-11-4-3-10(7-12(11)16)17-14(19)18-13-6-8-1-2-9(13)5-8/h1-4,7-9,13H,5-6H2,(H2,17,18,19). The van der Waals surface area contributed by atoms with Crippen LogP contribution in [0.1, 0.15) is 12.8 Å². The van der Waals surface area contributed by atoms with Crippen LogP contribution in [0.2, 0.25) is 0 Å². The Bertz CT molecular complexity index is 544. The van der Waals surface area contributed by atoms with Gasteiger partial charge in [0.05, 0.1) is 0 Å². The summed E-state index contributed by atoms with van der Waals surface area (Å²) in [5.41, 5.74) is 0.454. The van der Waals surface area contributed by atoms with Gasteiger partial charge in [0.2, 0.25) is 0 Å². The predicted octanol–water partition coefficient (Wildman–Crippen LogP) is 3.22. The smallest absolute Gasteiger partial charge is 0.171 e. The number of hydrogen-bond donors (Lipinski definition) is 2. The van der Waals surface area contributed by atoms with E-state index >= 15 is 0 Å². The van der Waals surface area contributed by atoms with Crippen molar-refractivity contribution < 1.29 is 8.78 Å². The number of allylic oxidation sites excluding steroid dienone is 1.